The topological polar surface area (TPSA) is 82.8 Å². The Kier molecular flexibility index (Phi) is 3.72. The molecule has 0 saturated heterocycles. The van der Waals surface area contributed by atoms with E-state index in [1.807, 2.05) is 6.07 Å². The molecule has 2 rings (SSSR count). The fourth-order valence-electron chi connectivity index (χ4n) is 1.31. The first-order valence-electron chi connectivity index (χ1n) is 4.99. The minimum absolute atomic E-state index is 0.0804. The van der Waals surface area contributed by atoms with Crippen molar-refractivity contribution in [2.24, 2.45) is 0 Å². The van der Waals surface area contributed by atoms with E-state index in [0.29, 0.717) is 11.3 Å². The second-order valence-electron chi connectivity index (χ2n) is 3.44. The van der Waals surface area contributed by atoms with Crippen molar-refractivity contribution in [2.45, 2.75) is 11.4 Å². The van der Waals surface area contributed by atoms with Gasteiger partial charge in [0.25, 0.3) is 0 Å². The zero-order valence-corrected chi connectivity index (χ0v) is 10.8. The number of nitrogens with one attached hydrogen (secondary N) is 1. The Hall–Kier alpha value is -1.75. The number of hydrogen-bond acceptors (Lipinski definition) is 5. The minimum Gasteiger partial charge on any atom is -0.248 e. The Morgan fingerprint density at radius 2 is 2.28 bits per heavy atom. The van der Waals surface area contributed by atoms with Gasteiger partial charge < -0.3 is 0 Å². The molecule has 0 atom stereocenters. The zero-order valence-electron chi connectivity index (χ0n) is 9.20. The van der Waals surface area contributed by atoms with E-state index in [-0.39, 0.29) is 11.4 Å². The highest BCUT2D eigenvalue weighted by molar-refractivity contribution is 7.89. The highest BCUT2D eigenvalue weighted by Crippen LogP contribution is 2.11. The maximum atomic E-state index is 12.0. The predicted molar refractivity (Wildman–Crippen MR) is 67.3 cm³/mol. The van der Waals surface area contributed by atoms with Gasteiger partial charge in [-0.2, -0.15) is 5.26 Å². The summed E-state index contributed by atoms with van der Waals surface area (Å²) in [5.41, 5.74) is 2.62. The van der Waals surface area contributed by atoms with Gasteiger partial charge in [0, 0.05) is 5.38 Å². The number of rotatable bonds is 4. The third kappa shape index (κ3) is 2.92. The molecule has 5 nitrogen and oxygen atoms in total. The molecule has 1 aromatic carbocycles. The summed E-state index contributed by atoms with van der Waals surface area (Å²) in [6.45, 7) is 0.141. The second-order valence-corrected chi connectivity index (χ2v) is 5.93. The normalized spacial score (nSPS) is 11.1. The van der Waals surface area contributed by atoms with Crippen molar-refractivity contribution >= 4 is 21.4 Å². The molecule has 18 heavy (non-hydrogen) atoms. The number of aromatic nitrogens is 1. The van der Waals surface area contributed by atoms with Crippen LogP contribution in [0.5, 0.6) is 0 Å². The third-order valence-corrected chi connectivity index (χ3v) is 4.23. The van der Waals surface area contributed by atoms with Gasteiger partial charge in [-0.15, -0.1) is 11.3 Å². The summed E-state index contributed by atoms with van der Waals surface area (Å²) in [4.78, 5) is 4.07. The summed E-state index contributed by atoms with van der Waals surface area (Å²) in [6.07, 6.45) is 0. The lowest BCUT2D eigenvalue weighted by atomic mass is 10.2. The van der Waals surface area contributed by atoms with Crippen molar-refractivity contribution in [1.29, 1.82) is 5.26 Å². The second kappa shape index (κ2) is 5.27. The smallest absolute Gasteiger partial charge is 0.240 e. The number of benzene rings is 1. The van der Waals surface area contributed by atoms with Crippen LogP contribution in [0.3, 0.4) is 0 Å². The Morgan fingerprint density at radius 1 is 1.44 bits per heavy atom. The molecule has 0 aliphatic carbocycles. The van der Waals surface area contributed by atoms with Crippen LogP contribution in [0.2, 0.25) is 0 Å². The van der Waals surface area contributed by atoms with Crippen LogP contribution < -0.4 is 4.72 Å². The number of sulfonamides is 1. The van der Waals surface area contributed by atoms with Crippen LogP contribution in [0.25, 0.3) is 0 Å². The molecule has 1 aromatic heterocycles. The summed E-state index contributed by atoms with van der Waals surface area (Å²) in [7, 11) is -3.61. The minimum atomic E-state index is -3.61. The summed E-state index contributed by atoms with van der Waals surface area (Å²) >= 11 is 1.40. The van der Waals surface area contributed by atoms with E-state index in [2.05, 4.69) is 9.71 Å². The van der Waals surface area contributed by atoms with E-state index < -0.39 is 10.0 Å². The van der Waals surface area contributed by atoms with Crippen LogP contribution in [0, 0.1) is 11.3 Å². The molecule has 0 radical (unpaired) electrons. The first kappa shape index (κ1) is 12.7. The largest absolute Gasteiger partial charge is 0.248 e. The molecule has 0 aliphatic rings. The SMILES string of the molecule is N#Cc1cccc(S(=O)(=O)NCc2cscn2)c1. The molecule has 92 valence electrons. The monoisotopic (exact) mass is 279 g/mol. The zero-order chi connectivity index (χ0) is 13.0. The number of nitrogens with zero attached hydrogens (tertiary/aromatic N) is 2. The van der Waals surface area contributed by atoms with Crippen molar-refractivity contribution < 1.29 is 8.42 Å². The van der Waals surface area contributed by atoms with Gasteiger partial charge in [0.05, 0.1) is 34.3 Å². The lowest BCUT2D eigenvalue weighted by Crippen LogP contribution is -2.23. The van der Waals surface area contributed by atoms with Crippen LogP contribution in [0.1, 0.15) is 11.3 Å². The van der Waals surface area contributed by atoms with Crippen molar-refractivity contribution in [3.05, 3.63) is 46.4 Å². The van der Waals surface area contributed by atoms with Gasteiger partial charge in [0.1, 0.15) is 0 Å². The first-order valence-corrected chi connectivity index (χ1v) is 7.41. The van der Waals surface area contributed by atoms with Crippen LogP contribution >= 0.6 is 11.3 Å². The Bertz CT molecular complexity index is 673. The summed E-state index contributed by atoms with van der Waals surface area (Å²) < 4.78 is 26.3. The molecule has 7 heteroatoms. The molecule has 0 bridgehead atoms. The highest BCUT2D eigenvalue weighted by atomic mass is 32.2. The molecular formula is C11H9N3O2S2. The van der Waals surface area contributed by atoms with Crippen molar-refractivity contribution in [1.82, 2.24) is 9.71 Å². The highest BCUT2D eigenvalue weighted by Gasteiger charge is 2.14. The molecule has 0 saturated carbocycles. The van der Waals surface area contributed by atoms with Crippen molar-refractivity contribution in [3.8, 4) is 6.07 Å². The van der Waals surface area contributed by atoms with Gasteiger partial charge in [-0.25, -0.2) is 18.1 Å². The van der Waals surface area contributed by atoms with Gasteiger partial charge in [-0.3, -0.25) is 0 Å². The first-order chi connectivity index (χ1) is 8.62. The number of nitriles is 1. The van der Waals surface area contributed by atoms with Gasteiger partial charge in [-0.1, -0.05) is 6.07 Å². The maximum Gasteiger partial charge on any atom is 0.240 e. The molecule has 0 spiro atoms. The van der Waals surface area contributed by atoms with Gasteiger partial charge in [0.2, 0.25) is 10.0 Å². The maximum absolute atomic E-state index is 12.0. The summed E-state index contributed by atoms with van der Waals surface area (Å²) in [5.74, 6) is 0. The van der Waals surface area contributed by atoms with Crippen LogP contribution in [0.15, 0.2) is 40.1 Å². The fraction of sp³-hybridized carbons (Fsp3) is 0.0909. The molecular weight excluding hydrogens is 270 g/mol. The lowest BCUT2D eigenvalue weighted by Gasteiger charge is -2.05. The Balaban J connectivity index is 2.18. The van der Waals surface area contributed by atoms with Gasteiger partial charge in [0.15, 0.2) is 0 Å². The molecule has 0 unspecified atom stereocenters. The quantitative estimate of drug-likeness (QED) is 0.919. The van der Waals surface area contributed by atoms with Crippen LogP contribution in [0.4, 0.5) is 0 Å². The van der Waals surface area contributed by atoms with Crippen molar-refractivity contribution in [2.75, 3.05) is 0 Å². The summed E-state index contributed by atoms with van der Waals surface area (Å²) in [5, 5.41) is 10.5. The molecule has 0 amide bonds. The van der Waals surface area contributed by atoms with Crippen LogP contribution in [-0.2, 0) is 16.6 Å². The molecule has 0 aliphatic heterocycles. The van der Waals surface area contributed by atoms with E-state index in [9.17, 15) is 8.42 Å². The lowest BCUT2D eigenvalue weighted by molar-refractivity contribution is 0.580. The van der Waals surface area contributed by atoms with Gasteiger partial charge >= 0.3 is 0 Å². The van der Waals surface area contributed by atoms with Crippen molar-refractivity contribution in [3.63, 3.8) is 0 Å². The van der Waals surface area contributed by atoms with E-state index in [4.69, 9.17) is 5.26 Å². The number of thiazole rings is 1. The average molecular weight is 279 g/mol. The van der Waals surface area contributed by atoms with E-state index in [1.54, 1.807) is 17.0 Å². The molecule has 2 aromatic rings. The van der Waals surface area contributed by atoms with Gasteiger partial charge in [-0.05, 0) is 18.2 Å². The fourth-order valence-corrected chi connectivity index (χ4v) is 2.91. The van der Waals surface area contributed by atoms with E-state index >= 15 is 0 Å². The van der Waals surface area contributed by atoms with E-state index in [0.717, 1.165) is 0 Å². The van der Waals surface area contributed by atoms with Crippen LogP contribution in [-0.4, -0.2) is 13.4 Å². The standard InChI is InChI=1S/C11H9N3O2S2/c12-5-9-2-1-3-11(4-9)18(15,16)14-6-10-7-17-8-13-10/h1-4,7-8,14H,6H2. The molecule has 1 heterocycles. The average Bonchev–Trinajstić information content (AvgIpc) is 2.90. The van der Waals surface area contributed by atoms with E-state index in [1.165, 1.54) is 29.5 Å². The Morgan fingerprint density at radius 3 is 2.94 bits per heavy atom. The Labute approximate surface area is 109 Å². The summed E-state index contributed by atoms with van der Waals surface area (Å²) in [6, 6.07) is 7.78. The molecule has 1 N–H and O–H groups in total. The third-order valence-electron chi connectivity index (χ3n) is 2.20. The number of hydrogen-bond donors (Lipinski definition) is 1. The predicted octanol–water partition coefficient (Wildman–Crippen LogP) is 1.49. The molecule has 0 fully saturated rings.